The largest absolute Gasteiger partial charge is 0.322 e. The molecule has 1 aromatic rings. The zero-order valence-electron chi connectivity index (χ0n) is 11.5. The number of benzene rings is 1. The fourth-order valence-corrected chi connectivity index (χ4v) is 2.38. The third-order valence-corrected chi connectivity index (χ3v) is 3.61. The minimum Gasteiger partial charge on any atom is -0.322 e. The molecule has 0 saturated carbocycles. The molecule has 1 heterocycles. The van der Waals surface area contributed by atoms with Gasteiger partial charge in [-0.2, -0.15) is 0 Å². The summed E-state index contributed by atoms with van der Waals surface area (Å²) >= 11 is 0. The van der Waals surface area contributed by atoms with Crippen molar-refractivity contribution in [2.24, 2.45) is 0 Å². The van der Waals surface area contributed by atoms with E-state index in [9.17, 15) is 9.59 Å². The Labute approximate surface area is 113 Å². The summed E-state index contributed by atoms with van der Waals surface area (Å²) in [5, 5.41) is 2.88. The van der Waals surface area contributed by atoms with Crippen molar-refractivity contribution in [2.75, 3.05) is 11.9 Å². The molecule has 0 aliphatic carbocycles. The number of anilines is 1. The number of nitrogens with zero attached hydrogens (tertiary/aromatic N) is 1. The Bertz CT molecular complexity index is 468. The lowest BCUT2D eigenvalue weighted by Gasteiger charge is -2.33. The molecule has 1 fully saturated rings. The van der Waals surface area contributed by atoms with Crippen molar-refractivity contribution in [1.82, 2.24) is 4.90 Å². The number of hydrogen-bond acceptors (Lipinski definition) is 2. The number of carbonyl (C=O) groups is 2. The normalized spacial score (nSPS) is 19.1. The second kappa shape index (κ2) is 5.87. The molecular formula is C15H20N2O2. The predicted molar refractivity (Wildman–Crippen MR) is 75.5 cm³/mol. The average molecular weight is 260 g/mol. The Kier molecular flexibility index (Phi) is 4.20. The van der Waals surface area contributed by atoms with Crippen LogP contribution in [0, 0.1) is 0 Å². The van der Waals surface area contributed by atoms with Gasteiger partial charge in [0.15, 0.2) is 5.78 Å². The number of amides is 2. The molecular weight excluding hydrogens is 240 g/mol. The van der Waals surface area contributed by atoms with E-state index in [-0.39, 0.29) is 11.8 Å². The molecule has 0 spiro atoms. The number of carbonyl (C=O) groups excluding carboxylic acids is 2. The van der Waals surface area contributed by atoms with Crippen LogP contribution in [-0.4, -0.2) is 29.3 Å². The van der Waals surface area contributed by atoms with Crippen LogP contribution in [0.25, 0.3) is 0 Å². The van der Waals surface area contributed by atoms with E-state index in [1.165, 1.54) is 13.3 Å². The number of likely N-dealkylation sites (tertiary alicyclic amines) is 1. The zero-order valence-corrected chi connectivity index (χ0v) is 11.5. The lowest BCUT2D eigenvalue weighted by atomic mass is 10.0. The summed E-state index contributed by atoms with van der Waals surface area (Å²) in [7, 11) is 0. The molecule has 102 valence electrons. The van der Waals surface area contributed by atoms with Crippen LogP contribution >= 0.6 is 0 Å². The van der Waals surface area contributed by atoms with Gasteiger partial charge in [0.05, 0.1) is 0 Å². The SMILES string of the molecule is CC(=O)c1ccc(NC(=O)N2CCCCC2C)cc1. The molecule has 1 saturated heterocycles. The highest BCUT2D eigenvalue weighted by molar-refractivity contribution is 5.95. The minimum atomic E-state index is -0.0530. The Hall–Kier alpha value is -1.84. The van der Waals surface area contributed by atoms with Gasteiger partial charge in [-0.05, 0) is 57.4 Å². The third-order valence-electron chi connectivity index (χ3n) is 3.61. The first-order valence-electron chi connectivity index (χ1n) is 6.76. The number of ketones is 1. The fourth-order valence-electron chi connectivity index (χ4n) is 2.38. The highest BCUT2D eigenvalue weighted by atomic mass is 16.2. The van der Waals surface area contributed by atoms with Crippen molar-refractivity contribution >= 4 is 17.5 Å². The monoisotopic (exact) mass is 260 g/mol. The summed E-state index contributed by atoms with van der Waals surface area (Å²) in [5.41, 5.74) is 1.39. The van der Waals surface area contributed by atoms with E-state index in [1.54, 1.807) is 24.3 Å². The predicted octanol–water partition coefficient (Wildman–Crippen LogP) is 3.30. The van der Waals surface area contributed by atoms with E-state index >= 15 is 0 Å². The molecule has 0 aromatic heterocycles. The van der Waals surface area contributed by atoms with Crippen molar-refractivity contribution in [3.05, 3.63) is 29.8 Å². The van der Waals surface area contributed by atoms with Gasteiger partial charge >= 0.3 is 6.03 Å². The second-order valence-electron chi connectivity index (χ2n) is 5.10. The number of rotatable bonds is 2. The molecule has 1 aromatic carbocycles. The van der Waals surface area contributed by atoms with E-state index in [0.717, 1.165) is 25.1 Å². The van der Waals surface area contributed by atoms with Gasteiger partial charge in [0, 0.05) is 23.8 Å². The summed E-state index contributed by atoms with van der Waals surface area (Å²) in [4.78, 5) is 25.2. The smallest absolute Gasteiger partial charge is 0.322 e. The third kappa shape index (κ3) is 3.34. The lowest BCUT2D eigenvalue weighted by molar-refractivity contribution is 0.101. The van der Waals surface area contributed by atoms with Crippen LogP contribution in [0.3, 0.4) is 0 Å². The molecule has 0 radical (unpaired) electrons. The van der Waals surface area contributed by atoms with E-state index < -0.39 is 0 Å². The Morgan fingerprint density at radius 2 is 1.89 bits per heavy atom. The van der Waals surface area contributed by atoms with Crippen LogP contribution in [0.5, 0.6) is 0 Å². The van der Waals surface area contributed by atoms with Gasteiger partial charge in [0.2, 0.25) is 0 Å². The van der Waals surface area contributed by atoms with Gasteiger partial charge in [-0.15, -0.1) is 0 Å². The summed E-state index contributed by atoms with van der Waals surface area (Å²) in [5.74, 6) is 0.0301. The first-order chi connectivity index (χ1) is 9.08. The van der Waals surface area contributed by atoms with Gasteiger partial charge in [-0.1, -0.05) is 0 Å². The lowest BCUT2D eigenvalue weighted by Crippen LogP contribution is -2.44. The topological polar surface area (TPSA) is 49.4 Å². The maximum Gasteiger partial charge on any atom is 0.322 e. The molecule has 1 unspecified atom stereocenters. The van der Waals surface area contributed by atoms with Crippen LogP contribution in [0.2, 0.25) is 0 Å². The first-order valence-corrected chi connectivity index (χ1v) is 6.76. The molecule has 19 heavy (non-hydrogen) atoms. The second-order valence-corrected chi connectivity index (χ2v) is 5.10. The van der Waals surface area contributed by atoms with Gasteiger partial charge in [0.25, 0.3) is 0 Å². The van der Waals surface area contributed by atoms with E-state index in [2.05, 4.69) is 12.2 Å². The summed E-state index contributed by atoms with van der Waals surface area (Å²) in [6, 6.07) is 7.25. The van der Waals surface area contributed by atoms with Crippen molar-refractivity contribution in [3.63, 3.8) is 0 Å². The maximum atomic E-state index is 12.1. The van der Waals surface area contributed by atoms with Crippen LogP contribution < -0.4 is 5.32 Å². The van der Waals surface area contributed by atoms with Crippen LogP contribution in [-0.2, 0) is 0 Å². The molecule has 1 N–H and O–H groups in total. The van der Waals surface area contributed by atoms with Crippen LogP contribution in [0.1, 0.15) is 43.5 Å². The summed E-state index contributed by atoms with van der Waals surface area (Å²) in [6.45, 7) is 4.43. The van der Waals surface area contributed by atoms with Crippen molar-refractivity contribution in [3.8, 4) is 0 Å². The molecule has 2 rings (SSSR count). The number of piperidine rings is 1. The minimum absolute atomic E-state index is 0.0301. The van der Waals surface area contributed by atoms with E-state index in [4.69, 9.17) is 0 Å². The van der Waals surface area contributed by atoms with Crippen LogP contribution in [0.4, 0.5) is 10.5 Å². The molecule has 4 heteroatoms. The van der Waals surface area contributed by atoms with E-state index in [0.29, 0.717) is 11.6 Å². The van der Waals surface area contributed by atoms with Crippen molar-refractivity contribution in [1.29, 1.82) is 0 Å². The number of Topliss-reactive ketones (excluding diaryl/α,β-unsaturated/α-hetero) is 1. The Morgan fingerprint density at radius 3 is 2.47 bits per heavy atom. The van der Waals surface area contributed by atoms with Gasteiger partial charge in [0.1, 0.15) is 0 Å². The number of urea groups is 1. The number of nitrogens with one attached hydrogen (secondary N) is 1. The highest BCUT2D eigenvalue weighted by Crippen LogP contribution is 2.18. The Morgan fingerprint density at radius 1 is 1.21 bits per heavy atom. The molecule has 2 amide bonds. The van der Waals surface area contributed by atoms with Gasteiger partial charge in [-0.25, -0.2) is 4.79 Å². The fraction of sp³-hybridized carbons (Fsp3) is 0.467. The van der Waals surface area contributed by atoms with Crippen LogP contribution in [0.15, 0.2) is 24.3 Å². The molecule has 0 bridgehead atoms. The zero-order chi connectivity index (χ0) is 13.8. The van der Waals surface area contributed by atoms with Gasteiger partial charge in [-0.3, -0.25) is 4.79 Å². The standard InChI is InChI=1S/C15H20N2O2/c1-11-5-3-4-10-17(11)15(19)16-14-8-6-13(7-9-14)12(2)18/h6-9,11H,3-5,10H2,1-2H3,(H,16,19). The van der Waals surface area contributed by atoms with E-state index in [1.807, 2.05) is 4.90 Å². The highest BCUT2D eigenvalue weighted by Gasteiger charge is 2.22. The van der Waals surface area contributed by atoms with Crippen molar-refractivity contribution in [2.45, 2.75) is 39.2 Å². The molecule has 4 nitrogen and oxygen atoms in total. The molecule has 1 aliphatic rings. The first kappa shape index (κ1) is 13.6. The summed E-state index contributed by atoms with van der Waals surface area (Å²) in [6.07, 6.45) is 3.33. The molecule has 1 atom stereocenters. The Balaban J connectivity index is 2.00. The van der Waals surface area contributed by atoms with Gasteiger partial charge < -0.3 is 10.2 Å². The number of hydrogen-bond donors (Lipinski definition) is 1. The summed E-state index contributed by atoms with van der Waals surface area (Å²) < 4.78 is 0. The molecule has 1 aliphatic heterocycles. The quantitative estimate of drug-likeness (QED) is 0.829. The average Bonchev–Trinajstić information content (AvgIpc) is 2.39. The maximum absolute atomic E-state index is 12.1. The van der Waals surface area contributed by atoms with Crippen molar-refractivity contribution < 1.29 is 9.59 Å².